The number of benzene rings is 1. The van der Waals surface area contributed by atoms with Gasteiger partial charge in [-0.1, -0.05) is 0 Å². The number of nitrogens with two attached hydrogens (primary N) is 1. The number of aromatic nitrogens is 2. The van der Waals surface area contributed by atoms with E-state index < -0.39 is 17.3 Å². The molecule has 3 rings (SSSR count). The number of halogens is 1. The number of carbonyl (C=O) groups excluding carboxylic acids is 1. The molecule has 1 amide bonds. The summed E-state index contributed by atoms with van der Waals surface area (Å²) >= 11 is 0. The number of primary amides is 1. The molecule has 0 bridgehead atoms. The van der Waals surface area contributed by atoms with Crippen molar-refractivity contribution in [2.75, 3.05) is 0 Å². The van der Waals surface area contributed by atoms with Gasteiger partial charge in [0.05, 0.1) is 5.69 Å². The summed E-state index contributed by atoms with van der Waals surface area (Å²) in [6.07, 6.45) is 3.29. The Morgan fingerprint density at radius 2 is 1.92 bits per heavy atom. The fourth-order valence-electron chi connectivity index (χ4n) is 2.30. The first-order valence-corrected chi connectivity index (χ1v) is 7.39. The second-order valence-corrected chi connectivity index (χ2v) is 5.26. The molecule has 0 aliphatic carbocycles. The summed E-state index contributed by atoms with van der Waals surface area (Å²) in [5.74, 6) is -0.923. The summed E-state index contributed by atoms with van der Waals surface area (Å²) in [5.41, 5.74) is 5.88. The summed E-state index contributed by atoms with van der Waals surface area (Å²) < 4.78 is 19.4. The number of hydrogen-bond acceptors (Lipinski definition) is 4. The van der Waals surface area contributed by atoms with E-state index in [0.717, 1.165) is 5.56 Å². The lowest BCUT2D eigenvalue weighted by molar-refractivity contribution is 0.0999. The number of ether oxygens (including phenoxy) is 1. The lowest BCUT2D eigenvalue weighted by Crippen LogP contribution is -2.23. The van der Waals surface area contributed by atoms with E-state index in [0.29, 0.717) is 17.0 Å². The highest BCUT2D eigenvalue weighted by molar-refractivity contribution is 5.92. The molecule has 0 radical (unpaired) electrons. The minimum absolute atomic E-state index is 0.167. The topological polar surface area (TPSA) is 98.1 Å². The van der Waals surface area contributed by atoms with Crippen LogP contribution in [0, 0.1) is 5.82 Å². The van der Waals surface area contributed by atoms with Crippen LogP contribution in [0.5, 0.6) is 5.75 Å². The number of pyridine rings is 2. The standard InChI is InChI=1S/C18H14FN3O3/c19-12-1-4-16(25-10-11-5-7-21-8-6-11)14(9-12)15-3-2-13(17(20)23)18(24)22-15/h1-9H,10H2,(H2,20,23)(H,22,24). The molecule has 0 aliphatic heterocycles. The van der Waals surface area contributed by atoms with Crippen LogP contribution in [-0.2, 0) is 6.61 Å². The average molecular weight is 339 g/mol. The lowest BCUT2D eigenvalue weighted by atomic mass is 10.1. The maximum absolute atomic E-state index is 13.7. The van der Waals surface area contributed by atoms with Crippen molar-refractivity contribution in [3.8, 4) is 17.0 Å². The van der Waals surface area contributed by atoms with Gasteiger partial charge in [-0.3, -0.25) is 14.6 Å². The van der Waals surface area contributed by atoms with Crippen LogP contribution in [-0.4, -0.2) is 15.9 Å². The normalized spacial score (nSPS) is 10.4. The molecular weight excluding hydrogens is 325 g/mol. The number of hydrogen-bond donors (Lipinski definition) is 2. The zero-order valence-corrected chi connectivity index (χ0v) is 13.0. The van der Waals surface area contributed by atoms with Crippen LogP contribution in [0.2, 0.25) is 0 Å². The Balaban J connectivity index is 1.95. The van der Waals surface area contributed by atoms with E-state index in [4.69, 9.17) is 10.5 Å². The van der Waals surface area contributed by atoms with Crippen LogP contribution >= 0.6 is 0 Å². The summed E-state index contributed by atoms with van der Waals surface area (Å²) in [6, 6.07) is 10.4. The number of amides is 1. The molecule has 0 fully saturated rings. The van der Waals surface area contributed by atoms with Gasteiger partial charge in [0.25, 0.3) is 11.5 Å². The Morgan fingerprint density at radius 1 is 1.16 bits per heavy atom. The number of H-pyrrole nitrogens is 1. The van der Waals surface area contributed by atoms with Gasteiger partial charge in [0.1, 0.15) is 23.7 Å². The van der Waals surface area contributed by atoms with Crippen molar-refractivity contribution >= 4 is 5.91 Å². The van der Waals surface area contributed by atoms with Gasteiger partial charge in [0, 0.05) is 18.0 Å². The van der Waals surface area contributed by atoms with Crippen LogP contribution in [0.15, 0.2) is 59.7 Å². The fraction of sp³-hybridized carbons (Fsp3) is 0.0556. The molecule has 0 atom stereocenters. The molecule has 0 saturated carbocycles. The van der Waals surface area contributed by atoms with Crippen molar-refractivity contribution in [2.24, 2.45) is 5.73 Å². The molecule has 0 saturated heterocycles. The predicted octanol–water partition coefficient (Wildman–Crippen LogP) is 2.25. The van der Waals surface area contributed by atoms with E-state index in [9.17, 15) is 14.0 Å². The molecule has 1 aromatic carbocycles. The number of carbonyl (C=O) groups is 1. The van der Waals surface area contributed by atoms with Gasteiger partial charge in [-0.05, 0) is 48.0 Å². The highest BCUT2D eigenvalue weighted by Gasteiger charge is 2.12. The van der Waals surface area contributed by atoms with Crippen LogP contribution in [0.3, 0.4) is 0 Å². The minimum atomic E-state index is -0.832. The van der Waals surface area contributed by atoms with Crippen molar-refractivity contribution in [3.05, 3.63) is 82.2 Å². The average Bonchev–Trinajstić information content (AvgIpc) is 2.61. The third kappa shape index (κ3) is 3.72. The second-order valence-electron chi connectivity index (χ2n) is 5.26. The summed E-state index contributed by atoms with van der Waals surface area (Å²) in [6.45, 7) is 0.255. The second kappa shape index (κ2) is 6.96. The molecule has 2 heterocycles. The number of nitrogens with one attached hydrogen (secondary N) is 1. The Morgan fingerprint density at radius 3 is 2.60 bits per heavy atom. The number of aromatic amines is 1. The number of nitrogens with zero attached hydrogens (tertiary/aromatic N) is 1. The van der Waals surface area contributed by atoms with E-state index in [1.54, 1.807) is 24.5 Å². The lowest BCUT2D eigenvalue weighted by Gasteiger charge is -2.12. The first-order chi connectivity index (χ1) is 12.0. The molecule has 126 valence electrons. The van der Waals surface area contributed by atoms with Gasteiger partial charge >= 0.3 is 0 Å². The largest absolute Gasteiger partial charge is 0.488 e. The monoisotopic (exact) mass is 339 g/mol. The SMILES string of the molecule is NC(=O)c1ccc(-c2cc(F)ccc2OCc2ccncc2)[nH]c1=O. The summed E-state index contributed by atoms with van der Waals surface area (Å²) in [4.78, 5) is 29.5. The van der Waals surface area contributed by atoms with Gasteiger partial charge in [-0.15, -0.1) is 0 Å². The zero-order chi connectivity index (χ0) is 17.8. The molecule has 2 aromatic heterocycles. The van der Waals surface area contributed by atoms with Gasteiger partial charge in [0.2, 0.25) is 0 Å². The molecular formula is C18H14FN3O3. The Kier molecular flexibility index (Phi) is 4.56. The summed E-state index contributed by atoms with van der Waals surface area (Å²) in [7, 11) is 0. The molecule has 0 unspecified atom stereocenters. The van der Waals surface area contributed by atoms with Crippen LogP contribution in [0.1, 0.15) is 15.9 Å². The van der Waals surface area contributed by atoms with Crippen LogP contribution < -0.4 is 16.0 Å². The maximum Gasteiger partial charge on any atom is 0.261 e. The molecule has 0 spiro atoms. The molecule has 0 aliphatic rings. The quantitative estimate of drug-likeness (QED) is 0.745. The van der Waals surface area contributed by atoms with E-state index in [-0.39, 0.29) is 12.2 Å². The Labute approximate surface area is 142 Å². The third-order valence-corrected chi connectivity index (χ3v) is 3.55. The van der Waals surface area contributed by atoms with Gasteiger partial charge < -0.3 is 15.5 Å². The van der Waals surface area contributed by atoms with Gasteiger partial charge in [0.15, 0.2) is 0 Å². The fourth-order valence-corrected chi connectivity index (χ4v) is 2.30. The maximum atomic E-state index is 13.7. The Bertz CT molecular complexity index is 971. The van der Waals surface area contributed by atoms with Gasteiger partial charge in [-0.25, -0.2) is 4.39 Å². The van der Waals surface area contributed by atoms with Crippen LogP contribution in [0.4, 0.5) is 4.39 Å². The molecule has 6 nitrogen and oxygen atoms in total. The number of rotatable bonds is 5. The first kappa shape index (κ1) is 16.4. The van der Waals surface area contributed by atoms with E-state index in [2.05, 4.69) is 9.97 Å². The molecule has 7 heteroatoms. The van der Waals surface area contributed by atoms with Gasteiger partial charge in [-0.2, -0.15) is 0 Å². The zero-order valence-electron chi connectivity index (χ0n) is 13.0. The highest BCUT2D eigenvalue weighted by atomic mass is 19.1. The molecule has 3 N–H and O–H groups in total. The van der Waals surface area contributed by atoms with Crippen molar-refractivity contribution in [3.63, 3.8) is 0 Å². The predicted molar refractivity (Wildman–Crippen MR) is 89.5 cm³/mol. The van der Waals surface area contributed by atoms with Crippen LogP contribution in [0.25, 0.3) is 11.3 Å². The third-order valence-electron chi connectivity index (χ3n) is 3.55. The van der Waals surface area contributed by atoms with Crippen molar-refractivity contribution in [1.82, 2.24) is 9.97 Å². The van der Waals surface area contributed by atoms with E-state index in [1.807, 2.05) is 0 Å². The minimum Gasteiger partial charge on any atom is -0.488 e. The molecule has 3 aromatic rings. The van der Waals surface area contributed by atoms with E-state index in [1.165, 1.54) is 30.3 Å². The summed E-state index contributed by atoms with van der Waals surface area (Å²) in [5, 5.41) is 0. The molecule has 25 heavy (non-hydrogen) atoms. The van der Waals surface area contributed by atoms with Crippen molar-refractivity contribution < 1.29 is 13.9 Å². The highest BCUT2D eigenvalue weighted by Crippen LogP contribution is 2.29. The Hall–Kier alpha value is -3.48. The van der Waals surface area contributed by atoms with E-state index >= 15 is 0 Å². The van der Waals surface area contributed by atoms with Crippen molar-refractivity contribution in [1.29, 1.82) is 0 Å². The smallest absolute Gasteiger partial charge is 0.261 e. The van der Waals surface area contributed by atoms with Crippen molar-refractivity contribution in [2.45, 2.75) is 6.61 Å². The first-order valence-electron chi connectivity index (χ1n) is 7.39.